The predicted octanol–water partition coefficient (Wildman–Crippen LogP) is 3.06. The van der Waals surface area contributed by atoms with Gasteiger partial charge < -0.3 is 11.1 Å². The first kappa shape index (κ1) is 18.0. The largest absolute Gasteiger partial charge is 0.352 e. The molecule has 1 aromatic rings. The van der Waals surface area contributed by atoms with Gasteiger partial charge in [-0.25, -0.2) is 0 Å². The Bertz CT molecular complexity index is 432. The van der Waals surface area contributed by atoms with Crippen molar-refractivity contribution in [3.05, 3.63) is 35.9 Å². The zero-order valence-electron chi connectivity index (χ0n) is 12.8. The van der Waals surface area contributed by atoms with Crippen LogP contribution in [0.25, 0.3) is 0 Å². The Morgan fingerprint density at radius 3 is 2.52 bits per heavy atom. The van der Waals surface area contributed by atoms with Gasteiger partial charge in [-0.2, -0.15) is 0 Å². The molecule has 0 spiro atoms. The van der Waals surface area contributed by atoms with Gasteiger partial charge in [0.1, 0.15) is 0 Å². The average Bonchev–Trinajstić information content (AvgIpc) is 3.25. The van der Waals surface area contributed by atoms with Crippen LogP contribution in [0, 0.1) is 5.41 Å². The van der Waals surface area contributed by atoms with Gasteiger partial charge in [-0.05, 0) is 31.2 Å². The molecule has 1 saturated carbocycles. The lowest BCUT2D eigenvalue weighted by Gasteiger charge is -2.21. The van der Waals surface area contributed by atoms with E-state index in [1.54, 1.807) is 0 Å². The number of nitrogens with two attached hydrogens (primary N) is 1. The number of amides is 1. The number of nitrogens with one attached hydrogen (secondary N) is 1. The van der Waals surface area contributed by atoms with Crippen molar-refractivity contribution in [2.45, 2.75) is 51.5 Å². The van der Waals surface area contributed by atoms with Crippen LogP contribution in [-0.4, -0.2) is 18.5 Å². The minimum absolute atomic E-state index is 0. The number of unbranched alkanes of at least 4 members (excludes halogenated alkanes) is 1. The molecule has 0 heterocycles. The van der Waals surface area contributed by atoms with E-state index < -0.39 is 0 Å². The summed E-state index contributed by atoms with van der Waals surface area (Å²) in [5.41, 5.74) is 6.85. The van der Waals surface area contributed by atoms with Crippen LogP contribution < -0.4 is 11.1 Å². The maximum Gasteiger partial charge on any atom is 0.226 e. The second-order valence-corrected chi connectivity index (χ2v) is 5.99. The van der Waals surface area contributed by atoms with Crippen molar-refractivity contribution < 1.29 is 4.79 Å². The Morgan fingerprint density at radius 2 is 2.00 bits per heavy atom. The van der Waals surface area contributed by atoms with Crippen molar-refractivity contribution >= 4 is 18.3 Å². The molecule has 0 aromatic heterocycles. The van der Waals surface area contributed by atoms with Crippen LogP contribution in [0.5, 0.6) is 0 Å². The lowest BCUT2D eigenvalue weighted by Crippen LogP contribution is -2.44. The molecule has 0 saturated heterocycles. The first-order valence-electron chi connectivity index (χ1n) is 7.75. The van der Waals surface area contributed by atoms with Crippen molar-refractivity contribution in [1.29, 1.82) is 0 Å². The summed E-state index contributed by atoms with van der Waals surface area (Å²) in [7, 11) is 0. The van der Waals surface area contributed by atoms with Gasteiger partial charge >= 0.3 is 0 Å². The van der Waals surface area contributed by atoms with Gasteiger partial charge in [-0.1, -0.05) is 50.1 Å². The molecule has 2 rings (SSSR count). The molecule has 0 radical (unpaired) electrons. The Hall–Kier alpha value is -1.06. The van der Waals surface area contributed by atoms with Gasteiger partial charge in [0, 0.05) is 12.6 Å². The highest BCUT2D eigenvalue weighted by Gasteiger charge is 2.49. The molecular formula is C17H27ClN2O. The standard InChI is InChI=1S/C17H26N2O.ClH/c1-2-3-9-15(13-18)19-16(20)17(10-11-17)12-14-7-5-4-6-8-14;/h4-8,15H,2-3,9-13,18H2,1H3,(H,19,20);1H. The topological polar surface area (TPSA) is 55.1 Å². The zero-order chi connectivity index (χ0) is 14.4. The number of rotatable bonds is 8. The maximum atomic E-state index is 12.5. The van der Waals surface area contributed by atoms with Crippen molar-refractivity contribution in [3.63, 3.8) is 0 Å². The van der Waals surface area contributed by atoms with E-state index in [1.165, 1.54) is 5.56 Å². The molecular weight excluding hydrogens is 284 g/mol. The fourth-order valence-corrected chi connectivity index (χ4v) is 2.66. The van der Waals surface area contributed by atoms with E-state index in [2.05, 4.69) is 24.4 Å². The van der Waals surface area contributed by atoms with Crippen molar-refractivity contribution in [2.24, 2.45) is 11.1 Å². The summed E-state index contributed by atoms with van der Waals surface area (Å²) in [6, 6.07) is 10.4. The summed E-state index contributed by atoms with van der Waals surface area (Å²) in [5.74, 6) is 0.202. The molecule has 118 valence electrons. The van der Waals surface area contributed by atoms with Gasteiger partial charge in [0.25, 0.3) is 0 Å². The fourth-order valence-electron chi connectivity index (χ4n) is 2.66. The molecule has 1 aromatic carbocycles. The molecule has 1 aliphatic carbocycles. The summed E-state index contributed by atoms with van der Waals surface area (Å²) in [4.78, 5) is 12.5. The number of hydrogen-bond acceptors (Lipinski definition) is 2. The third-order valence-electron chi connectivity index (χ3n) is 4.25. The molecule has 1 amide bonds. The summed E-state index contributed by atoms with van der Waals surface area (Å²) in [5, 5.41) is 3.16. The Balaban J connectivity index is 0.00000220. The molecule has 4 heteroatoms. The van der Waals surface area contributed by atoms with Gasteiger partial charge in [0.05, 0.1) is 5.41 Å². The van der Waals surface area contributed by atoms with E-state index in [0.717, 1.165) is 38.5 Å². The maximum absolute atomic E-state index is 12.5. The summed E-state index contributed by atoms with van der Waals surface area (Å²) < 4.78 is 0. The van der Waals surface area contributed by atoms with Gasteiger partial charge in [0.2, 0.25) is 5.91 Å². The molecule has 1 fully saturated rings. The van der Waals surface area contributed by atoms with Crippen LogP contribution >= 0.6 is 12.4 Å². The van der Waals surface area contributed by atoms with E-state index in [-0.39, 0.29) is 29.8 Å². The first-order valence-corrected chi connectivity index (χ1v) is 7.75. The van der Waals surface area contributed by atoms with E-state index >= 15 is 0 Å². The zero-order valence-corrected chi connectivity index (χ0v) is 13.6. The van der Waals surface area contributed by atoms with Gasteiger partial charge in [-0.3, -0.25) is 4.79 Å². The van der Waals surface area contributed by atoms with Crippen LogP contribution in [0.15, 0.2) is 30.3 Å². The highest BCUT2D eigenvalue weighted by Crippen LogP contribution is 2.48. The molecule has 0 aliphatic heterocycles. The van der Waals surface area contributed by atoms with Crippen LogP contribution in [0.1, 0.15) is 44.6 Å². The van der Waals surface area contributed by atoms with E-state index in [0.29, 0.717) is 6.54 Å². The quantitative estimate of drug-likeness (QED) is 0.775. The van der Waals surface area contributed by atoms with Crippen molar-refractivity contribution in [3.8, 4) is 0 Å². The summed E-state index contributed by atoms with van der Waals surface area (Å²) in [6.07, 6.45) is 6.10. The number of hydrogen-bond donors (Lipinski definition) is 2. The second kappa shape index (κ2) is 8.40. The van der Waals surface area contributed by atoms with Crippen LogP contribution in [0.2, 0.25) is 0 Å². The first-order chi connectivity index (χ1) is 9.70. The van der Waals surface area contributed by atoms with Gasteiger partial charge in [-0.15, -0.1) is 12.4 Å². The predicted molar refractivity (Wildman–Crippen MR) is 89.6 cm³/mol. The highest BCUT2D eigenvalue weighted by atomic mass is 35.5. The molecule has 1 unspecified atom stereocenters. The molecule has 21 heavy (non-hydrogen) atoms. The summed E-state index contributed by atoms with van der Waals surface area (Å²) >= 11 is 0. The Kier molecular flexibility index (Phi) is 7.20. The number of carbonyl (C=O) groups is 1. The van der Waals surface area contributed by atoms with Crippen molar-refractivity contribution in [1.82, 2.24) is 5.32 Å². The van der Waals surface area contributed by atoms with Crippen LogP contribution in [0.3, 0.4) is 0 Å². The SMILES string of the molecule is CCCCC(CN)NC(=O)C1(Cc2ccccc2)CC1.Cl. The molecule has 1 aliphatic rings. The van der Waals surface area contributed by atoms with Gasteiger partial charge in [0.15, 0.2) is 0 Å². The molecule has 1 atom stereocenters. The van der Waals surface area contributed by atoms with E-state index in [9.17, 15) is 4.79 Å². The number of benzene rings is 1. The average molecular weight is 311 g/mol. The second-order valence-electron chi connectivity index (χ2n) is 5.99. The number of halogens is 1. The highest BCUT2D eigenvalue weighted by molar-refractivity contribution is 5.86. The summed E-state index contributed by atoms with van der Waals surface area (Å²) in [6.45, 7) is 2.69. The minimum atomic E-state index is -0.166. The van der Waals surface area contributed by atoms with Crippen LogP contribution in [-0.2, 0) is 11.2 Å². The molecule has 3 nitrogen and oxygen atoms in total. The smallest absolute Gasteiger partial charge is 0.226 e. The number of carbonyl (C=O) groups excluding carboxylic acids is 1. The Labute approximate surface area is 134 Å². The molecule has 0 bridgehead atoms. The fraction of sp³-hybridized carbons (Fsp3) is 0.588. The normalized spacial score (nSPS) is 16.7. The monoisotopic (exact) mass is 310 g/mol. The Morgan fingerprint density at radius 1 is 1.33 bits per heavy atom. The van der Waals surface area contributed by atoms with E-state index in [1.807, 2.05) is 18.2 Å². The minimum Gasteiger partial charge on any atom is -0.352 e. The van der Waals surface area contributed by atoms with E-state index in [4.69, 9.17) is 5.73 Å². The lowest BCUT2D eigenvalue weighted by atomic mass is 9.95. The lowest BCUT2D eigenvalue weighted by molar-refractivity contribution is -0.127. The third-order valence-corrected chi connectivity index (χ3v) is 4.25. The van der Waals surface area contributed by atoms with Crippen molar-refractivity contribution in [2.75, 3.05) is 6.54 Å². The molecule has 3 N–H and O–H groups in total. The third kappa shape index (κ3) is 5.01. The van der Waals surface area contributed by atoms with Crippen LogP contribution in [0.4, 0.5) is 0 Å².